The fourth-order valence-corrected chi connectivity index (χ4v) is 1.87. The van der Waals surface area contributed by atoms with Crippen LogP contribution in [0.15, 0.2) is 24.3 Å². The normalized spacial score (nSPS) is 15.1. The molecule has 1 atom stereocenters. The standard InChI is InChI=1S/C14H23NO/c1-11(2)12-5-7-13(8-6-12)14(3,15-4)9-10-16/h5-8,11,15-16H,9-10H2,1-4H3. The second-order valence-corrected chi connectivity index (χ2v) is 4.83. The van der Waals surface area contributed by atoms with Gasteiger partial charge in [0, 0.05) is 12.1 Å². The predicted molar refractivity (Wildman–Crippen MR) is 68.6 cm³/mol. The second-order valence-electron chi connectivity index (χ2n) is 4.83. The zero-order valence-corrected chi connectivity index (χ0v) is 10.7. The van der Waals surface area contributed by atoms with E-state index in [1.165, 1.54) is 11.1 Å². The molecule has 0 saturated carbocycles. The first kappa shape index (κ1) is 13.2. The molecule has 2 N–H and O–H groups in total. The van der Waals surface area contributed by atoms with Crippen molar-refractivity contribution in [3.05, 3.63) is 35.4 Å². The van der Waals surface area contributed by atoms with Crippen molar-refractivity contribution in [2.75, 3.05) is 13.7 Å². The Morgan fingerprint density at radius 2 is 1.81 bits per heavy atom. The van der Waals surface area contributed by atoms with Crippen LogP contribution in [-0.4, -0.2) is 18.8 Å². The maximum atomic E-state index is 9.10. The van der Waals surface area contributed by atoms with E-state index in [2.05, 4.69) is 50.4 Å². The summed E-state index contributed by atoms with van der Waals surface area (Å²) in [7, 11) is 1.94. The Morgan fingerprint density at radius 3 is 2.19 bits per heavy atom. The van der Waals surface area contributed by atoms with Crippen LogP contribution >= 0.6 is 0 Å². The summed E-state index contributed by atoms with van der Waals surface area (Å²) < 4.78 is 0. The molecule has 90 valence electrons. The maximum absolute atomic E-state index is 9.10. The van der Waals surface area contributed by atoms with Crippen molar-refractivity contribution in [2.45, 2.75) is 38.6 Å². The molecule has 16 heavy (non-hydrogen) atoms. The average Bonchev–Trinajstić information content (AvgIpc) is 2.29. The first-order valence-electron chi connectivity index (χ1n) is 5.93. The highest BCUT2D eigenvalue weighted by atomic mass is 16.3. The van der Waals surface area contributed by atoms with E-state index in [1.807, 2.05) is 7.05 Å². The topological polar surface area (TPSA) is 32.3 Å². The number of hydrogen-bond acceptors (Lipinski definition) is 2. The Morgan fingerprint density at radius 1 is 1.25 bits per heavy atom. The zero-order valence-electron chi connectivity index (χ0n) is 10.7. The fourth-order valence-electron chi connectivity index (χ4n) is 1.87. The highest BCUT2D eigenvalue weighted by Gasteiger charge is 2.23. The molecular weight excluding hydrogens is 198 g/mol. The van der Waals surface area contributed by atoms with Crippen LogP contribution in [0, 0.1) is 0 Å². The third kappa shape index (κ3) is 2.83. The maximum Gasteiger partial charge on any atom is 0.0451 e. The fraction of sp³-hybridized carbons (Fsp3) is 0.571. The summed E-state index contributed by atoms with van der Waals surface area (Å²) in [6, 6.07) is 8.66. The van der Waals surface area contributed by atoms with E-state index < -0.39 is 0 Å². The van der Waals surface area contributed by atoms with Gasteiger partial charge in [-0.25, -0.2) is 0 Å². The molecule has 0 fully saturated rings. The van der Waals surface area contributed by atoms with Crippen molar-refractivity contribution in [3.63, 3.8) is 0 Å². The predicted octanol–water partition coefficient (Wildman–Crippen LogP) is 2.63. The van der Waals surface area contributed by atoms with E-state index in [0.29, 0.717) is 5.92 Å². The lowest BCUT2D eigenvalue weighted by Crippen LogP contribution is -2.37. The van der Waals surface area contributed by atoms with Gasteiger partial charge in [0.25, 0.3) is 0 Å². The van der Waals surface area contributed by atoms with Crippen molar-refractivity contribution < 1.29 is 5.11 Å². The van der Waals surface area contributed by atoms with Crippen LogP contribution in [0.5, 0.6) is 0 Å². The zero-order chi connectivity index (χ0) is 12.2. The average molecular weight is 221 g/mol. The Bertz CT molecular complexity index is 318. The van der Waals surface area contributed by atoms with Gasteiger partial charge in [0.1, 0.15) is 0 Å². The Labute approximate surface area is 98.7 Å². The van der Waals surface area contributed by atoms with Crippen molar-refractivity contribution in [1.29, 1.82) is 0 Å². The lowest BCUT2D eigenvalue weighted by Gasteiger charge is -2.29. The van der Waals surface area contributed by atoms with Gasteiger partial charge < -0.3 is 10.4 Å². The van der Waals surface area contributed by atoms with Gasteiger partial charge in [0.15, 0.2) is 0 Å². The molecule has 1 rings (SSSR count). The summed E-state index contributed by atoms with van der Waals surface area (Å²) in [6.07, 6.45) is 0.727. The SMILES string of the molecule is CNC(C)(CCO)c1ccc(C(C)C)cc1. The van der Waals surface area contributed by atoms with Crippen molar-refractivity contribution in [2.24, 2.45) is 0 Å². The molecule has 2 nitrogen and oxygen atoms in total. The van der Waals surface area contributed by atoms with Crippen molar-refractivity contribution in [1.82, 2.24) is 5.32 Å². The van der Waals surface area contributed by atoms with E-state index in [1.54, 1.807) is 0 Å². The van der Waals surface area contributed by atoms with Gasteiger partial charge in [-0.15, -0.1) is 0 Å². The minimum absolute atomic E-state index is 0.135. The van der Waals surface area contributed by atoms with Gasteiger partial charge in [0.05, 0.1) is 0 Å². The van der Waals surface area contributed by atoms with Gasteiger partial charge in [-0.3, -0.25) is 0 Å². The summed E-state index contributed by atoms with van der Waals surface area (Å²) in [6.45, 7) is 6.71. The number of aliphatic hydroxyl groups excluding tert-OH is 1. The van der Waals surface area contributed by atoms with Gasteiger partial charge >= 0.3 is 0 Å². The van der Waals surface area contributed by atoms with E-state index in [-0.39, 0.29) is 12.1 Å². The third-order valence-corrected chi connectivity index (χ3v) is 3.38. The molecule has 0 saturated heterocycles. The molecular formula is C14H23NO. The lowest BCUT2D eigenvalue weighted by molar-refractivity contribution is 0.228. The smallest absolute Gasteiger partial charge is 0.0451 e. The van der Waals surface area contributed by atoms with Crippen LogP contribution in [0.3, 0.4) is 0 Å². The number of hydrogen-bond donors (Lipinski definition) is 2. The Balaban J connectivity index is 2.94. The third-order valence-electron chi connectivity index (χ3n) is 3.38. The van der Waals surface area contributed by atoms with E-state index in [4.69, 9.17) is 5.11 Å². The second kappa shape index (κ2) is 5.46. The van der Waals surface area contributed by atoms with Gasteiger partial charge in [-0.2, -0.15) is 0 Å². The summed E-state index contributed by atoms with van der Waals surface area (Å²) in [5, 5.41) is 12.4. The number of aliphatic hydroxyl groups is 1. The molecule has 0 aliphatic rings. The number of benzene rings is 1. The lowest BCUT2D eigenvalue weighted by atomic mass is 9.87. The molecule has 0 radical (unpaired) electrons. The highest BCUT2D eigenvalue weighted by Crippen LogP contribution is 2.25. The van der Waals surface area contributed by atoms with E-state index >= 15 is 0 Å². The van der Waals surface area contributed by atoms with Crippen LogP contribution in [0.25, 0.3) is 0 Å². The summed E-state index contributed by atoms with van der Waals surface area (Å²) in [4.78, 5) is 0. The largest absolute Gasteiger partial charge is 0.396 e. The molecule has 0 heterocycles. The monoisotopic (exact) mass is 221 g/mol. The summed E-state index contributed by atoms with van der Waals surface area (Å²) in [5.41, 5.74) is 2.45. The number of nitrogens with one attached hydrogen (secondary N) is 1. The minimum atomic E-state index is -0.135. The molecule has 0 bridgehead atoms. The van der Waals surface area contributed by atoms with Crippen LogP contribution in [0.1, 0.15) is 44.2 Å². The highest BCUT2D eigenvalue weighted by molar-refractivity contribution is 5.29. The van der Waals surface area contributed by atoms with Crippen LogP contribution < -0.4 is 5.32 Å². The molecule has 1 aromatic carbocycles. The number of rotatable bonds is 5. The van der Waals surface area contributed by atoms with Gasteiger partial charge in [-0.1, -0.05) is 38.1 Å². The molecule has 1 aromatic rings. The molecule has 0 spiro atoms. The van der Waals surface area contributed by atoms with Crippen molar-refractivity contribution >= 4 is 0 Å². The van der Waals surface area contributed by atoms with Crippen LogP contribution in [0.4, 0.5) is 0 Å². The quantitative estimate of drug-likeness (QED) is 0.801. The first-order valence-corrected chi connectivity index (χ1v) is 5.93. The van der Waals surface area contributed by atoms with E-state index in [0.717, 1.165) is 6.42 Å². The molecule has 0 aliphatic carbocycles. The molecule has 1 unspecified atom stereocenters. The van der Waals surface area contributed by atoms with Crippen LogP contribution in [0.2, 0.25) is 0 Å². The van der Waals surface area contributed by atoms with E-state index in [9.17, 15) is 0 Å². The van der Waals surface area contributed by atoms with Gasteiger partial charge in [0.2, 0.25) is 0 Å². The van der Waals surface area contributed by atoms with Crippen molar-refractivity contribution in [3.8, 4) is 0 Å². The molecule has 2 heteroatoms. The molecule has 0 aromatic heterocycles. The Hall–Kier alpha value is -0.860. The van der Waals surface area contributed by atoms with Crippen LogP contribution in [-0.2, 0) is 5.54 Å². The Kier molecular flexibility index (Phi) is 4.51. The molecule has 0 aliphatic heterocycles. The van der Waals surface area contributed by atoms with Gasteiger partial charge in [-0.05, 0) is 37.4 Å². The minimum Gasteiger partial charge on any atom is -0.396 e. The summed E-state index contributed by atoms with van der Waals surface area (Å²) >= 11 is 0. The first-order chi connectivity index (χ1) is 7.53. The molecule has 0 amide bonds. The summed E-state index contributed by atoms with van der Waals surface area (Å²) in [5.74, 6) is 0.563.